The third-order valence-corrected chi connectivity index (χ3v) is 3.70. The molecule has 1 aliphatic rings. The lowest BCUT2D eigenvalue weighted by molar-refractivity contribution is -0.0364. The first kappa shape index (κ1) is 13.8. The number of nitrogens with zero attached hydrogens (tertiary/aromatic N) is 3. The van der Waals surface area contributed by atoms with Crippen molar-refractivity contribution in [2.24, 2.45) is 0 Å². The van der Waals surface area contributed by atoms with Crippen LogP contribution in [0.2, 0.25) is 0 Å². The highest BCUT2D eigenvalue weighted by Gasteiger charge is 2.55. The van der Waals surface area contributed by atoms with E-state index in [9.17, 15) is 15.3 Å². The van der Waals surface area contributed by atoms with Gasteiger partial charge in [-0.25, -0.2) is 9.50 Å². The van der Waals surface area contributed by atoms with Crippen molar-refractivity contribution < 1.29 is 20.1 Å². The molecule has 0 saturated carbocycles. The largest absolute Gasteiger partial charge is 0.394 e. The molecule has 1 aliphatic heterocycles. The fourth-order valence-corrected chi connectivity index (χ4v) is 2.56. The molecule has 0 radical (unpaired) electrons. The Morgan fingerprint density at radius 3 is 2.95 bits per heavy atom. The predicted octanol–water partition coefficient (Wildman–Crippen LogP) is -1.53. The highest BCUT2D eigenvalue weighted by atomic mass is 16.6. The van der Waals surface area contributed by atoms with Gasteiger partial charge in [0.15, 0.2) is 11.4 Å². The van der Waals surface area contributed by atoms with E-state index in [0.717, 1.165) is 0 Å². The number of aliphatic hydroxyl groups excluding tert-OH is 2. The molecular formula is C13H14N4O4. The van der Waals surface area contributed by atoms with Gasteiger partial charge in [-0.1, -0.05) is 5.92 Å². The van der Waals surface area contributed by atoms with Crippen LogP contribution in [0.4, 0.5) is 5.82 Å². The molecule has 0 aromatic carbocycles. The summed E-state index contributed by atoms with van der Waals surface area (Å²) in [5.41, 5.74) is 4.71. The van der Waals surface area contributed by atoms with Crippen molar-refractivity contribution >= 4 is 11.3 Å². The molecule has 1 fully saturated rings. The first-order valence-corrected chi connectivity index (χ1v) is 6.25. The minimum atomic E-state index is -1.97. The molecule has 2 aromatic heterocycles. The second kappa shape index (κ2) is 4.68. The van der Waals surface area contributed by atoms with Crippen LogP contribution in [0.3, 0.4) is 0 Å². The van der Waals surface area contributed by atoms with E-state index in [2.05, 4.69) is 16.0 Å². The summed E-state index contributed by atoms with van der Waals surface area (Å²) in [6, 6.07) is 3.28. The highest BCUT2D eigenvalue weighted by Crippen LogP contribution is 2.41. The van der Waals surface area contributed by atoms with E-state index >= 15 is 0 Å². The zero-order valence-corrected chi connectivity index (χ0v) is 10.9. The van der Waals surface area contributed by atoms with Crippen molar-refractivity contribution in [2.75, 3.05) is 12.3 Å². The number of fused-ring (bicyclic) bond motifs is 1. The van der Waals surface area contributed by atoms with Gasteiger partial charge in [0.25, 0.3) is 0 Å². The number of hydrogen-bond acceptors (Lipinski definition) is 7. The molecule has 1 saturated heterocycles. The minimum absolute atomic E-state index is 0.262. The van der Waals surface area contributed by atoms with Crippen LogP contribution in [0.15, 0.2) is 18.5 Å². The van der Waals surface area contributed by atoms with Crippen molar-refractivity contribution in [1.82, 2.24) is 14.6 Å². The van der Waals surface area contributed by atoms with Crippen LogP contribution in [0.5, 0.6) is 0 Å². The molecule has 0 aliphatic carbocycles. The fraction of sp³-hybridized carbons (Fsp3) is 0.385. The quantitative estimate of drug-likeness (QED) is 0.494. The molecule has 3 heterocycles. The number of aromatic nitrogens is 3. The molecule has 5 N–H and O–H groups in total. The van der Waals surface area contributed by atoms with Gasteiger partial charge in [-0.2, -0.15) is 5.10 Å². The van der Waals surface area contributed by atoms with Gasteiger partial charge in [0, 0.05) is 0 Å². The summed E-state index contributed by atoms with van der Waals surface area (Å²) >= 11 is 0. The molecule has 0 spiro atoms. The van der Waals surface area contributed by atoms with E-state index in [1.165, 1.54) is 10.8 Å². The van der Waals surface area contributed by atoms with E-state index < -0.39 is 30.5 Å². The Balaban J connectivity index is 2.14. The number of nitrogen functional groups attached to an aromatic ring is 1. The number of rotatable bonds is 2. The zero-order chi connectivity index (χ0) is 15.2. The van der Waals surface area contributed by atoms with Crippen molar-refractivity contribution in [3.8, 4) is 12.3 Å². The summed E-state index contributed by atoms with van der Waals surface area (Å²) in [6.45, 7) is -0.470. The average Bonchev–Trinajstić information content (AvgIpc) is 3.01. The summed E-state index contributed by atoms with van der Waals surface area (Å²) in [6.07, 6.45) is 3.17. The van der Waals surface area contributed by atoms with Crippen LogP contribution < -0.4 is 5.73 Å². The monoisotopic (exact) mass is 290 g/mol. The molecule has 4 atom stereocenters. The number of aliphatic hydroxyl groups is 3. The number of ether oxygens (including phenoxy) is 1. The van der Waals surface area contributed by atoms with Crippen molar-refractivity contribution in [1.29, 1.82) is 0 Å². The Hall–Kier alpha value is -2.18. The lowest BCUT2D eigenvalue weighted by Gasteiger charge is -2.25. The van der Waals surface area contributed by atoms with Crippen LogP contribution >= 0.6 is 0 Å². The maximum atomic E-state index is 10.5. The van der Waals surface area contributed by atoms with E-state index in [-0.39, 0.29) is 5.82 Å². The Morgan fingerprint density at radius 2 is 2.29 bits per heavy atom. The number of hydrogen-bond donors (Lipinski definition) is 4. The summed E-state index contributed by atoms with van der Waals surface area (Å²) < 4.78 is 6.94. The van der Waals surface area contributed by atoms with Gasteiger partial charge in [-0.05, 0) is 12.1 Å². The van der Waals surface area contributed by atoms with Gasteiger partial charge in [-0.3, -0.25) is 0 Å². The van der Waals surface area contributed by atoms with Gasteiger partial charge < -0.3 is 25.8 Å². The van der Waals surface area contributed by atoms with Crippen molar-refractivity contribution in [3.63, 3.8) is 0 Å². The van der Waals surface area contributed by atoms with E-state index in [1.54, 1.807) is 12.1 Å². The summed E-state index contributed by atoms with van der Waals surface area (Å²) in [4.78, 5) is 3.86. The van der Waals surface area contributed by atoms with Crippen molar-refractivity contribution in [3.05, 3.63) is 24.2 Å². The Labute approximate surface area is 119 Å². The van der Waals surface area contributed by atoms with Gasteiger partial charge >= 0.3 is 0 Å². The van der Waals surface area contributed by atoms with Crippen LogP contribution in [0.1, 0.15) is 11.8 Å². The van der Waals surface area contributed by atoms with Gasteiger partial charge in [0.1, 0.15) is 30.2 Å². The zero-order valence-electron chi connectivity index (χ0n) is 10.9. The summed E-state index contributed by atoms with van der Waals surface area (Å²) in [7, 11) is 0. The molecule has 21 heavy (non-hydrogen) atoms. The van der Waals surface area contributed by atoms with Gasteiger partial charge in [0.2, 0.25) is 0 Å². The molecule has 0 amide bonds. The van der Waals surface area contributed by atoms with E-state index in [4.69, 9.17) is 16.9 Å². The summed E-state index contributed by atoms with van der Waals surface area (Å²) in [5, 5.41) is 33.8. The second-order valence-electron chi connectivity index (χ2n) is 4.85. The number of terminal acetylenes is 1. The Kier molecular flexibility index (Phi) is 3.07. The van der Waals surface area contributed by atoms with Crippen LogP contribution in [0.25, 0.3) is 5.52 Å². The van der Waals surface area contributed by atoms with Crippen LogP contribution in [-0.2, 0) is 4.74 Å². The SMILES string of the molecule is C#C[C@@]1(O)[C@H](O)[C@@H](CO)O[C@H]1c1ccc2c(N)ncnn12. The molecule has 3 rings (SSSR count). The fourth-order valence-electron chi connectivity index (χ4n) is 2.56. The molecule has 8 heteroatoms. The number of anilines is 1. The van der Waals surface area contributed by atoms with E-state index in [1.807, 2.05) is 0 Å². The first-order valence-electron chi connectivity index (χ1n) is 6.25. The molecular weight excluding hydrogens is 276 g/mol. The second-order valence-corrected chi connectivity index (χ2v) is 4.85. The lowest BCUT2D eigenvalue weighted by atomic mass is 9.90. The molecule has 2 aromatic rings. The average molecular weight is 290 g/mol. The third kappa shape index (κ3) is 1.80. The van der Waals surface area contributed by atoms with Gasteiger partial charge in [0.05, 0.1) is 12.3 Å². The molecule has 110 valence electrons. The standard InChI is InChI=1S/C13H14N4O4/c1-2-13(20)10(19)9(5-18)21-11(13)7-3-4-8-12(14)15-6-16-17(7)8/h1,3-4,6,9-11,18-20H,5H2,(H2,14,15,16)/t9-,10-,11+,13-/m1/s1. The normalized spacial score (nSPS) is 32.4. The van der Waals surface area contributed by atoms with Gasteiger partial charge in [-0.15, -0.1) is 6.42 Å². The predicted molar refractivity (Wildman–Crippen MR) is 71.9 cm³/mol. The smallest absolute Gasteiger partial charge is 0.185 e. The number of nitrogens with two attached hydrogens (primary N) is 1. The minimum Gasteiger partial charge on any atom is -0.394 e. The van der Waals surface area contributed by atoms with Crippen LogP contribution in [0, 0.1) is 12.3 Å². The first-order chi connectivity index (χ1) is 10.0. The molecule has 0 unspecified atom stereocenters. The highest BCUT2D eigenvalue weighted by molar-refractivity contribution is 5.65. The Morgan fingerprint density at radius 1 is 1.52 bits per heavy atom. The Bertz CT molecular complexity index is 725. The molecule has 8 nitrogen and oxygen atoms in total. The maximum absolute atomic E-state index is 10.5. The third-order valence-electron chi connectivity index (χ3n) is 3.70. The lowest BCUT2D eigenvalue weighted by Crippen LogP contribution is -2.44. The van der Waals surface area contributed by atoms with Crippen molar-refractivity contribution in [2.45, 2.75) is 23.9 Å². The maximum Gasteiger partial charge on any atom is 0.185 e. The topological polar surface area (TPSA) is 126 Å². The summed E-state index contributed by atoms with van der Waals surface area (Å²) in [5.74, 6) is 2.42. The van der Waals surface area contributed by atoms with E-state index in [0.29, 0.717) is 11.2 Å². The molecule has 0 bridgehead atoms. The van der Waals surface area contributed by atoms with Crippen LogP contribution in [-0.4, -0.2) is 54.3 Å².